The monoisotopic (exact) mass is 296 g/mol. The van der Waals surface area contributed by atoms with Crippen molar-refractivity contribution in [1.29, 1.82) is 0 Å². The van der Waals surface area contributed by atoms with E-state index in [1.54, 1.807) is 18.5 Å². The second-order valence-corrected chi connectivity index (χ2v) is 4.98. The standard InChI is InChI=1S/C11H10Cl2N6/c1-18-5-15-17-10(18)4-19-9-3-7(13)6(12)2-8(9)16-11(19)14/h2-3,5H,4H2,1H3,(H2,14,16). The summed E-state index contributed by atoms with van der Waals surface area (Å²) in [6, 6.07) is 3.45. The molecule has 1 aromatic carbocycles. The lowest BCUT2D eigenvalue weighted by Gasteiger charge is -2.06. The third kappa shape index (κ3) is 2.02. The van der Waals surface area contributed by atoms with Gasteiger partial charge in [0.15, 0.2) is 5.82 Å². The summed E-state index contributed by atoms with van der Waals surface area (Å²) in [4.78, 5) is 4.27. The predicted molar refractivity (Wildman–Crippen MR) is 74.3 cm³/mol. The molecule has 0 unspecified atom stereocenters. The van der Waals surface area contributed by atoms with E-state index in [1.807, 2.05) is 16.2 Å². The number of aryl methyl sites for hydroxylation is 1. The molecule has 0 saturated heterocycles. The maximum Gasteiger partial charge on any atom is 0.201 e. The Bertz CT molecular complexity index is 760. The molecule has 0 bridgehead atoms. The first-order valence-corrected chi connectivity index (χ1v) is 6.25. The van der Waals surface area contributed by atoms with Crippen LogP contribution in [0.15, 0.2) is 18.5 Å². The number of imidazole rings is 1. The smallest absolute Gasteiger partial charge is 0.201 e. The zero-order valence-electron chi connectivity index (χ0n) is 10.0. The highest BCUT2D eigenvalue weighted by atomic mass is 35.5. The van der Waals surface area contributed by atoms with Gasteiger partial charge in [-0.05, 0) is 12.1 Å². The van der Waals surface area contributed by atoms with Gasteiger partial charge in [0.1, 0.15) is 6.33 Å². The largest absolute Gasteiger partial charge is 0.369 e. The zero-order valence-corrected chi connectivity index (χ0v) is 11.5. The first kappa shape index (κ1) is 12.3. The summed E-state index contributed by atoms with van der Waals surface area (Å²) in [5.41, 5.74) is 7.45. The van der Waals surface area contributed by atoms with Crippen LogP contribution < -0.4 is 5.73 Å². The van der Waals surface area contributed by atoms with Crippen LogP contribution in [-0.4, -0.2) is 24.3 Å². The van der Waals surface area contributed by atoms with Crippen molar-refractivity contribution in [2.45, 2.75) is 6.54 Å². The van der Waals surface area contributed by atoms with Crippen molar-refractivity contribution in [3.63, 3.8) is 0 Å². The van der Waals surface area contributed by atoms with E-state index < -0.39 is 0 Å². The SMILES string of the molecule is Cn1cnnc1Cn1c(N)nc2cc(Cl)c(Cl)cc21. The van der Waals surface area contributed by atoms with Gasteiger partial charge in [-0.15, -0.1) is 10.2 Å². The van der Waals surface area contributed by atoms with Gasteiger partial charge in [0.2, 0.25) is 5.95 Å². The summed E-state index contributed by atoms with van der Waals surface area (Å²) in [6.45, 7) is 0.469. The minimum absolute atomic E-state index is 0.385. The molecule has 2 N–H and O–H groups in total. The predicted octanol–water partition coefficient (Wildman–Crippen LogP) is 2.10. The Labute approximate surface area is 118 Å². The van der Waals surface area contributed by atoms with Gasteiger partial charge in [-0.3, -0.25) is 0 Å². The Morgan fingerprint density at radius 2 is 2.00 bits per heavy atom. The molecule has 2 heterocycles. The second kappa shape index (κ2) is 4.40. The maximum absolute atomic E-state index is 6.03. The Balaban J connectivity index is 2.15. The second-order valence-electron chi connectivity index (χ2n) is 4.17. The van der Waals surface area contributed by atoms with Crippen LogP contribution in [0.5, 0.6) is 0 Å². The van der Waals surface area contributed by atoms with Gasteiger partial charge < -0.3 is 14.9 Å². The highest BCUT2D eigenvalue weighted by Crippen LogP contribution is 2.29. The number of halogens is 2. The van der Waals surface area contributed by atoms with Crippen molar-refractivity contribution < 1.29 is 0 Å². The van der Waals surface area contributed by atoms with Crippen LogP contribution in [0.4, 0.5) is 5.95 Å². The van der Waals surface area contributed by atoms with Gasteiger partial charge in [-0.1, -0.05) is 23.2 Å². The Kier molecular flexibility index (Phi) is 2.83. The van der Waals surface area contributed by atoms with E-state index in [-0.39, 0.29) is 0 Å². The molecule has 0 fully saturated rings. The highest BCUT2D eigenvalue weighted by Gasteiger charge is 2.13. The van der Waals surface area contributed by atoms with Crippen LogP contribution in [-0.2, 0) is 13.6 Å². The molecule has 0 saturated carbocycles. The first-order valence-electron chi connectivity index (χ1n) is 5.50. The summed E-state index contributed by atoms with van der Waals surface area (Å²) < 4.78 is 3.64. The van der Waals surface area contributed by atoms with E-state index in [0.29, 0.717) is 28.1 Å². The molecule has 19 heavy (non-hydrogen) atoms. The lowest BCUT2D eigenvalue weighted by atomic mass is 10.3. The molecular weight excluding hydrogens is 287 g/mol. The van der Waals surface area contributed by atoms with E-state index in [4.69, 9.17) is 28.9 Å². The molecule has 0 aliphatic carbocycles. The molecule has 0 spiro atoms. The summed E-state index contributed by atoms with van der Waals surface area (Å²) in [5.74, 6) is 1.16. The van der Waals surface area contributed by atoms with Crippen LogP contribution >= 0.6 is 23.2 Å². The van der Waals surface area contributed by atoms with E-state index in [1.165, 1.54) is 0 Å². The van der Waals surface area contributed by atoms with Crippen molar-refractivity contribution in [2.75, 3.05) is 5.73 Å². The summed E-state index contributed by atoms with van der Waals surface area (Å²) in [6.07, 6.45) is 1.63. The van der Waals surface area contributed by atoms with Crippen molar-refractivity contribution in [1.82, 2.24) is 24.3 Å². The van der Waals surface area contributed by atoms with Crippen LogP contribution in [0.1, 0.15) is 5.82 Å². The van der Waals surface area contributed by atoms with Gasteiger partial charge in [0, 0.05) is 7.05 Å². The van der Waals surface area contributed by atoms with Crippen molar-refractivity contribution in [2.24, 2.45) is 7.05 Å². The van der Waals surface area contributed by atoms with Gasteiger partial charge >= 0.3 is 0 Å². The third-order valence-electron chi connectivity index (χ3n) is 2.92. The van der Waals surface area contributed by atoms with Gasteiger partial charge in [-0.25, -0.2) is 4.98 Å². The first-order chi connectivity index (χ1) is 9.06. The summed E-state index contributed by atoms with van der Waals surface area (Å²) >= 11 is 12.0. The molecule has 6 nitrogen and oxygen atoms in total. The van der Waals surface area contributed by atoms with E-state index in [2.05, 4.69) is 15.2 Å². The van der Waals surface area contributed by atoms with E-state index >= 15 is 0 Å². The maximum atomic E-state index is 6.03. The number of fused-ring (bicyclic) bond motifs is 1. The molecule has 3 rings (SSSR count). The molecule has 8 heteroatoms. The van der Waals surface area contributed by atoms with Crippen LogP contribution in [0.2, 0.25) is 10.0 Å². The van der Waals surface area contributed by atoms with Gasteiger partial charge in [0.25, 0.3) is 0 Å². The quantitative estimate of drug-likeness (QED) is 0.786. The number of nitrogen functional groups attached to an aromatic ring is 1. The Morgan fingerprint density at radius 3 is 2.68 bits per heavy atom. The van der Waals surface area contributed by atoms with Crippen LogP contribution in [0, 0.1) is 0 Å². The molecule has 0 aliphatic rings. The molecule has 0 amide bonds. The number of nitrogens with zero attached hydrogens (tertiary/aromatic N) is 5. The number of nitrogens with two attached hydrogens (primary N) is 1. The minimum Gasteiger partial charge on any atom is -0.369 e. The molecule has 2 aromatic heterocycles. The van der Waals surface area contributed by atoms with Crippen molar-refractivity contribution >= 4 is 40.2 Å². The zero-order chi connectivity index (χ0) is 13.6. The molecule has 3 aromatic rings. The fourth-order valence-corrected chi connectivity index (χ4v) is 2.21. The average Bonchev–Trinajstić information content (AvgIpc) is 2.88. The number of hydrogen-bond acceptors (Lipinski definition) is 4. The minimum atomic E-state index is 0.385. The van der Waals surface area contributed by atoms with Crippen molar-refractivity contribution in [3.05, 3.63) is 34.3 Å². The topological polar surface area (TPSA) is 74.5 Å². The fraction of sp³-hybridized carbons (Fsp3) is 0.182. The molecule has 0 atom stereocenters. The number of benzene rings is 1. The molecule has 0 aliphatic heterocycles. The van der Waals surface area contributed by atoms with E-state index in [9.17, 15) is 0 Å². The Morgan fingerprint density at radius 1 is 1.26 bits per heavy atom. The molecule has 98 valence electrons. The molecule has 0 radical (unpaired) electrons. The summed E-state index contributed by atoms with van der Waals surface area (Å²) in [7, 11) is 1.87. The normalized spacial score (nSPS) is 11.3. The lowest BCUT2D eigenvalue weighted by molar-refractivity contribution is 0.718. The van der Waals surface area contributed by atoms with Crippen molar-refractivity contribution in [3.8, 4) is 0 Å². The van der Waals surface area contributed by atoms with Crippen LogP contribution in [0.25, 0.3) is 11.0 Å². The number of rotatable bonds is 2. The van der Waals surface area contributed by atoms with Gasteiger partial charge in [-0.2, -0.15) is 0 Å². The Hall–Kier alpha value is -1.79. The molecular formula is C11H10Cl2N6. The number of hydrogen-bond donors (Lipinski definition) is 1. The lowest BCUT2D eigenvalue weighted by Crippen LogP contribution is -2.08. The number of anilines is 1. The average molecular weight is 297 g/mol. The van der Waals surface area contributed by atoms with Crippen LogP contribution in [0.3, 0.4) is 0 Å². The van der Waals surface area contributed by atoms with Gasteiger partial charge in [0.05, 0.1) is 27.6 Å². The third-order valence-corrected chi connectivity index (χ3v) is 3.65. The summed E-state index contributed by atoms with van der Waals surface area (Å²) in [5, 5.41) is 8.79. The van der Waals surface area contributed by atoms with E-state index in [0.717, 1.165) is 11.3 Å². The fourth-order valence-electron chi connectivity index (χ4n) is 1.90. The highest BCUT2D eigenvalue weighted by molar-refractivity contribution is 6.42. The number of aromatic nitrogens is 5.